The average Bonchev–Trinajstić information content (AvgIpc) is 3.24. The summed E-state index contributed by atoms with van der Waals surface area (Å²) >= 11 is 0. The molecule has 0 saturated heterocycles. The summed E-state index contributed by atoms with van der Waals surface area (Å²) in [4.78, 5) is 35.0. The Balaban J connectivity index is 4.29. The van der Waals surface area contributed by atoms with Crippen molar-refractivity contribution in [3.05, 3.63) is 60.8 Å². The molecule has 0 aromatic rings. The van der Waals surface area contributed by atoms with Crippen LogP contribution in [0, 0.1) is 0 Å². The third-order valence-corrected chi connectivity index (χ3v) is 11.1. The van der Waals surface area contributed by atoms with E-state index in [9.17, 15) is 29.3 Å². The van der Waals surface area contributed by atoms with Gasteiger partial charge in [-0.3, -0.25) is 18.6 Å². The van der Waals surface area contributed by atoms with Crippen LogP contribution in [0.1, 0.15) is 194 Å². The first-order chi connectivity index (χ1) is 29.6. The SMILES string of the molecule is CC/C=C\C/C=C\C/C=C\C/C=C\C[C@H](O)[C@@H](O)CCCC(=O)OC[C@H](COP(=O)(O)OCCN)OC(=O)CCCCCCCCCCCCC/C=C\CCCCCCCC. The molecule has 0 spiro atoms. The number of carbonyl (C=O) groups excluding carboxylic acids is 2. The van der Waals surface area contributed by atoms with Gasteiger partial charge in [0, 0.05) is 19.4 Å². The molecule has 0 amide bonds. The van der Waals surface area contributed by atoms with Gasteiger partial charge < -0.3 is 30.3 Å². The second kappa shape index (κ2) is 44.2. The molecular weight excluding hydrogens is 794 g/mol. The van der Waals surface area contributed by atoms with Gasteiger partial charge in [0.15, 0.2) is 6.10 Å². The third kappa shape index (κ3) is 42.7. The number of aliphatic hydroxyl groups excluding tert-OH is 2. The minimum absolute atomic E-state index is 0.0117. The highest BCUT2D eigenvalue weighted by Gasteiger charge is 2.26. The van der Waals surface area contributed by atoms with Crippen LogP contribution < -0.4 is 5.73 Å². The van der Waals surface area contributed by atoms with Gasteiger partial charge in [0.2, 0.25) is 0 Å². The van der Waals surface area contributed by atoms with Crippen molar-refractivity contribution in [2.45, 2.75) is 212 Å². The zero-order chi connectivity index (χ0) is 44.9. The largest absolute Gasteiger partial charge is 0.472 e. The molecule has 5 N–H and O–H groups in total. The molecule has 0 bridgehead atoms. The van der Waals surface area contributed by atoms with Gasteiger partial charge in [-0.1, -0.05) is 164 Å². The molecule has 0 aromatic carbocycles. The Morgan fingerprint density at radius 1 is 0.574 bits per heavy atom. The number of rotatable bonds is 44. The van der Waals surface area contributed by atoms with Crippen LogP contribution in [0.25, 0.3) is 0 Å². The van der Waals surface area contributed by atoms with Crippen LogP contribution >= 0.6 is 7.82 Å². The van der Waals surface area contributed by atoms with E-state index in [1.54, 1.807) is 0 Å². The number of carbonyl (C=O) groups is 2. The smallest absolute Gasteiger partial charge is 0.462 e. The molecule has 0 aliphatic rings. The molecular formula is C49H88NO10P. The van der Waals surface area contributed by atoms with Crippen molar-refractivity contribution < 1.29 is 47.8 Å². The van der Waals surface area contributed by atoms with E-state index in [0.29, 0.717) is 6.42 Å². The minimum atomic E-state index is -4.45. The third-order valence-electron chi connectivity index (χ3n) is 10.1. The van der Waals surface area contributed by atoms with Crippen LogP contribution in [0.5, 0.6) is 0 Å². The lowest BCUT2D eigenvalue weighted by Crippen LogP contribution is -2.30. The molecule has 0 saturated carbocycles. The Hall–Kier alpha value is -2.37. The fourth-order valence-electron chi connectivity index (χ4n) is 6.42. The average molecular weight is 882 g/mol. The van der Waals surface area contributed by atoms with Crippen molar-refractivity contribution in [2.75, 3.05) is 26.4 Å². The fourth-order valence-corrected chi connectivity index (χ4v) is 7.19. The molecule has 0 aromatic heterocycles. The first-order valence-corrected chi connectivity index (χ1v) is 25.4. The molecule has 12 heteroatoms. The highest BCUT2D eigenvalue weighted by Crippen LogP contribution is 2.43. The van der Waals surface area contributed by atoms with Crippen molar-refractivity contribution in [1.82, 2.24) is 0 Å². The number of aliphatic hydroxyl groups is 2. The number of hydrogen-bond acceptors (Lipinski definition) is 10. The zero-order valence-corrected chi connectivity index (χ0v) is 39.3. The number of ether oxygens (including phenoxy) is 2. The van der Waals surface area contributed by atoms with Crippen LogP contribution in [-0.2, 0) is 32.7 Å². The van der Waals surface area contributed by atoms with Crippen molar-refractivity contribution >= 4 is 19.8 Å². The quantitative estimate of drug-likeness (QED) is 0.0198. The normalized spacial score (nSPS) is 14.8. The standard InChI is InChI=1S/C49H88NO10P/c1-3-5-7-9-11-13-15-17-18-19-20-21-22-23-24-25-27-29-31-33-35-39-49(54)60-45(44-59-61(55,56)58-42-41-50)43-57-48(53)40-36-38-47(52)46(51)37-34-32-30-28-26-16-14-12-10-8-6-4-2/h6,8,12,14,17-18,26,28,32,34,45-47,51-52H,3-5,7,9-11,13,15-16,19-25,27,29-31,33,35-44,50H2,1-2H3,(H,55,56)/b8-6-,14-12-,18-17-,28-26-,34-32-/t45-,46+,47+/m1/s1. The van der Waals surface area contributed by atoms with Crippen molar-refractivity contribution in [1.29, 1.82) is 0 Å². The molecule has 0 heterocycles. The van der Waals surface area contributed by atoms with Crippen LogP contribution in [0.2, 0.25) is 0 Å². The van der Waals surface area contributed by atoms with Crippen molar-refractivity contribution in [3.63, 3.8) is 0 Å². The van der Waals surface area contributed by atoms with Gasteiger partial charge in [-0.2, -0.15) is 0 Å². The lowest BCUT2D eigenvalue weighted by atomic mass is 10.0. The lowest BCUT2D eigenvalue weighted by molar-refractivity contribution is -0.161. The summed E-state index contributed by atoms with van der Waals surface area (Å²) in [6.07, 6.45) is 45.7. The number of allylic oxidation sites excluding steroid dienone is 9. The second-order valence-corrected chi connectivity index (χ2v) is 17.4. The summed E-state index contributed by atoms with van der Waals surface area (Å²) in [6.45, 7) is 3.29. The molecule has 0 radical (unpaired) electrons. The molecule has 0 aliphatic carbocycles. The van der Waals surface area contributed by atoms with Gasteiger partial charge in [0.05, 0.1) is 25.4 Å². The molecule has 11 nitrogen and oxygen atoms in total. The highest BCUT2D eigenvalue weighted by atomic mass is 31.2. The molecule has 0 fully saturated rings. The fraction of sp³-hybridized carbons (Fsp3) is 0.755. The summed E-state index contributed by atoms with van der Waals surface area (Å²) in [6, 6.07) is 0. The Morgan fingerprint density at radius 2 is 1.07 bits per heavy atom. The Labute approximate surface area is 371 Å². The first-order valence-electron chi connectivity index (χ1n) is 23.9. The van der Waals surface area contributed by atoms with E-state index in [4.69, 9.17) is 24.3 Å². The second-order valence-electron chi connectivity index (χ2n) is 15.9. The number of phosphoric acid groups is 1. The van der Waals surface area contributed by atoms with Crippen molar-refractivity contribution in [3.8, 4) is 0 Å². The topological polar surface area (TPSA) is 175 Å². The predicted molar refractivity (Wildman–Crippen MR) is 250 cm³/mol. The van der Waals surface area contributed by atoms with Crippen LogP contribution in [0.4, 0.5) is 0 Å². The van der Waals surface area contributed by atoms with Gasteiger partial charge in [0.1, 0.15) is 6.61 Å². The minimum Gasteiger partial charge on any atom is -0.462 e. The Morgan fingerprint density at radius 3 is 1.61 bits per heavy atom. The van der Waals surface area contributed by atoms with Crippen LogP contribution in [0.3, 0.4) is 0 Å². The number of nitrogens with two attached hydrogens (primary N) is 1. The predicted octanol–water partition coefficient (Wildman–Crippen LogP) is 12.0. The van der Waals surface area contributed by atoms with E-state index in [1.807, 2.05) is 12.2 Å². The molecule has 0 aliphatic heterocycles. The molecule has 0 rings (SSSR count). The lowest BCUT2D eigenvalue weighted by Gasteiger charge is -2.20. The van der Waals surface area contributed by atoms with Gasteiger partial charge in [-0.15, -0.1) is 0 Å². The maximum absolute atomic E-state index is 12.6. The van der Waals surface area contributed by atoms with E-state index in [1.165, 1.54) is 96.3 Å². The van der Waals surface area contributed by atoms with E-state index in [0.717, 1.165) is 44.9 Å². The van der Waals surface area contributed by atoms with Gasteiger partial charge in [-0.25, -0.2) is 4.57 Å². The molecule has 1 unspecified atom stereocenters. The summed E-state index contributed by atoms with van der Waals surface area (Å²) in [5.41, 5.74) is 5.34. The first kappa shape index (κ1) is 58.6. The van der Waals surface area contributed by atoms with Gasteiger partial charge in [0.25, 0.3) is 0 Å². The summed E-state index contributed by atoms with van der Waals surface area (Å²) in [5.74, 6) is -1.12. The monoisotopic (exact) mass is 882 g/mol. The Bertz CT molecular complexity index is 1220. The van der Waals surface area contributed by atoms with E-state index in [-0.39, 0.29) is 51.9 Å². The number of unbranched alkanes of at least 4 members (excludes halogenated alkanes) is 17. The maximum atomic E-state index is 12.6. The molecule has 4 atom stereocenters. The molecule has 354 valence electrons. The zero-order valence-electron chi connectivity index (χ0n) is 38.4. The number of phosphoric ester groups is 1. The summed E-state index contributed by atoms with van der Waals surface area (Å²) in [5, 5.41) is 20.7. The molecule has 61 heavy (non-hydrogen) atoms. The summed E-state index contributed by atoms with van der Waals surface area (Å²) < 4.78 is 32.7. The Kier molecular flexibility index (Phi) is 42.5. The summed E-state index contributed by atoms with van der Waals surface area (Å²) in [7, 11) is -4.45. The van der Waals surface area contributed by atoms with E-state index in [2.05, 4.69) is 62.5 Å². The van der Waals surface area contributed by atoms with Crippen molar-refractivity contribution in [2.24, 2.45) is 5.73 Å². The highest BCUT2D eigenvalue weighted by molar-refractivity contribution is 7.47. The van der Waals surface area contributed by atoms with E-state index < -0.39 is 44.7 Å². The number of hydrogen-bond donors (Lipinski definition) is 4. The van der Waals surface area contributed by atoms with Crippen LogP contribution in [-0.4, -0.2) is 71.7 Å². The number of esters is 2. The maximum Gasteiger partial charge on any atom is 0.472 e. The van der Waals surface area contributed by atoms with E-state index >= 15 is 0 Å². The van der Waals surface area contributed by atoms with Gasteiger partial charge >= 0.3 is 19.8 Å². The van der Waals surface area contributed by atoms with Crippen LogP contribution in [0.15, 0.2) is 60.8 Å². The van der Waals surface area contributed by atoms with Gasteiger partial charge in [-0.05, 0) is 77.0 Å².